The number of rotatable bonds is 6. The lowest BCUT2D eigenvalue weighted by atomic mass is 10.2. The molecule has 1 aliphatic rings. The van der Waals surface area contributed by atoms with E-state index in [4.69, 9.17) is 9.47 Å². The van der Waals surface area contributed by atoms with Gasteiger partial charge in [-0.15, -0.1) is 0 Å². The molecule has 0 aliphatic heterocycles. The highest BCUT2D eigenvalue weighted by molar-refractivity contribution is 6.03. The zero-order valence-corrected chi connectivity index (χ0v) is 14.7. The van der Waals surface area contributed by atoms with E-state index in [2.05, 4.69) is 10.6 Å². The summed E-state index contributed by atoms with van der Waals surface area (Å²) in [6.07, 6.45) is 0.340. The Kier molecular flexibility index (Phi) is 5.25. The molecule has 2 unspecified atom stereocenters. The van der Waals surface area contributed by atoms with Gasteiger partial charge >= 0.3 is 0 Å². The molecule has 142 valence electrons. The minimum Gasteiger partial charge on any atom is -0.497 e. The summed E-state index contributed by atoms with van der Waals surface area (Å²) in [6.45, 7) is 0. The van der Waals surface area contributed by atoms with Gasteiger partial charge in [-0.1, -0.05) is 0 Å². The number of hydrogen-bond donors (Lipinski definition) is 2. The van der Waals surface area contributed by atoms with E-state index in [0.29, 0.717) is 29.7 Å². The molecule has 3 rings (SSSR count). The standard InChI is InChI=1S/C19H18F2N2O4/c1-26-11-4-6-17(27-2)16(8-11)23-19(25)13-9-12(13)18(24)22-15-5-3-10(20)7-14(15)21/h3-8,12-13H,9H2,1-2H3,(H,22,24)(H,23,25). The Morgan fingerprint density at radius 2 is 1.59 bits per heavy atom. The van der Waals surface area contributed by atoms with Gasteiger partial charge < -0.3 is 20.1 Å². The van der Waals surface area contributed by atoms with Gasteiger partial charge in [-0.3, -0.25) is 9.59 Å². The fraction of sp³-hybridized carbons (Fsp3) is 0.263. The summed E-state index contributed by atoms with van der Waals surface area (Å²) in [5.74, 6) is -2.55. The Labute approximate surface area is 154 Å². The van der Waals surface area contributed by atoms with Crippen LogP contribution in [0.5, 0.6) is 11.5 Å². The van der Waals surface area contributed by atoms with Crippen molar-refractivity contribution in [3.63, 3.8) is 0 Å². The smallest absolute Gasteiger partial charge is 0.228 e. The molecular formula is C19H18F2N2O4. The van der Waals surface area contributed by atoms with E-state index in [9.17, 15) is 18.4 Å². The zero-order chi connectivity index (χ0) is 19.6. The number of ether oxygens (including phenoxy) is 2. The zero-order valence-electron chi connectivity index (χ0n) is 14.7. The fourth-order valence-electron chi connectivity index (χ4n) is 2.73. The van der Waals surface area contributed by atoms with Crippen LogP contribution >= 0.6 is 0 Å². The minimum atomic E-state index is -0.869. The summed E-state index contributed by atoms with van der Waals surface area (Å²) in [5, 5.41) is 5.10. The number of carbonyl (C=O) groups is 2. The van der Waals surface area contributed by atoms with Crippen LogP contribution in [-0.4, -0.2) is 26.0 Å². The summed E-state index contributed by atoms with van der Waals surface area (Å²) in [6, 6.07) is 7.83. The van der Waals surface area contributed by atoms with E-state index < -0.39 is 29.4 Å². The highest BCUT2D eigenvalue weighted by atomic mass is 19.1. The molecule has 2 atom stereocenters. The normalized spacial score (nSPS) is 17.8. The van der Waals surface area contributed by atoms with Gasteiger partial charge in [-0.25, -0.2) is 8.78 Å². The van der Waals surface area contributed by atoms with Crippen LogP contribution in [0.25, 0.3) is 0 Å². The molecule has 0 spiro atoms. The molecule has 0 bridgehead atoms. The van der Waals surface area contributed by atoms with Gasteiger partial charge in [-0.05, 0) is 30.7 Å². The van der Waals surface area contributed by atoms with Gasteiger partial charge in [0, 0.05) is 12.1 Å². The predicted molar refractivity (Wildman–Crippen MR) is 94.8 cm³/mol. The van der Waals surface area contributed by atoms with Gasteiger partial charge in [0.1, 0.15) is 23.1 Å². The first-order chi connectivity index (χ1) is 12.9. The Bertz CT molecular complexity index is 888. The molecule has 8 heteroatoms. The molecule has 27 heavy (non-hydrogen) atoms. The third kappa shape index (κ3) is 4.16. The van der Waals surface area contributed by atoms with Crippen LogP contribution in [0.3, 0.4) is 0 Å². The molecule has 1 saturated carbocycles. The second kappa shape index (κ2) is 7.61. The Morgan fingerprint density at radius 1 is 0.926 bits per heavy atom. The number of anilines is 2. The lowest BCUT2D eigenvalue weighted by Gasteiger charge is -2.12. The number of amides is 2. The Morgan fingerprint density at radius 3 is 2.19 bits per heavy atom. The first-order valence-corrected chi connectivity index (χ1v) is 8.21. The first kappa shape index (κ1) is 18.6. The van der Waals surface area contributed by atoms with Crippen LogP contribution in [0.4, 0.5) is 20.2 Å². The average Bonchev–Trinajstić information content (AvgIpc) is 3.45. The second-order valence-electron chi connectivity index (χ2n) is 6.12. The second-order valence-corrected chi connectivity index (χ2v) is 6.12. The number of carbonyl (C=O) groups excluding carboxylic acids is 2. The van der Waals surface area contributed by atoms with Crippen LogP contribution < -0.4 is 20.1 Å². The highest BCUT2D eigenvalue weighted by Gasteiger charge is 2.48. The summed E-state index contributed by atoms with van der Waals surface area (Å²) in [7, 11) is 2.98. The molecule has 6 nitrogen and oxygen atoms in total. The molecule has 2 N–H and O–H groups in total. The van der Waals surface area contributed by atoms with E-state index >= 15 is 0 Å². The maximum atomic E-state index is 13.6. The first-order valence-electron chi connectivity index (χ1n) is 8.21. The van der Waals surface area contributed by atoms with Crippen molar-refractivity contribution in [3.05, 3.63) is 48.0 Å². The number of methoxy groups -OCH3 is 2. The number of benzene rings is 2. The summed E-state index contributed by atoms with van der Waals surface area (Å²) in [4.78, 5) is 24.6. The Hall–Kier alpha value is -3.16. The van der Waals surface area contributed by atoms with Crippen molar-refractivity contribution in [2.75, 3.05) is 24.9 Å². The Balaban J connectivity index is 1.62. The SMILES string of the molecule is COc1ccc(OC)c(NC(=O)C2CC2C(=O)Nc2ccc(F)cc2F)c1. The van der Waals surface area contributed by atoms with E-state index in [1.165, 1.54) is 14.2 Å². The molecule has 0 radical (unpaired) electrons. The average molecular weight is 376 g/mol. The molecule has 1 aliphatic carbocycles. The van der Waals surface area contributed by atoms with Crippen LogP contribution in [-0.2, 0) is 9.59 Å². The molecule has 2 aromatic rings. The maximum Gasteiger partial charge on any atom is 0.228 e. The van der Waals surface area contributed by atoms with Gasteiger partial charge in [0.25, 0.3) is 0 Å². The topological polar surface area (TPSA) is 76.7 Å². The number of hydrogen-bond acceptors (Lipinski definition) is 4. The number of halogens is 2. The van der Waals surface area contributed by atoms with Crippen molar-refractivity contribution in [1.82, 2.24) is 0 Å². The molecule has 2 amide bonds. The number of nitrogens with one attached hydrogen (secondary N) is 2. The van der Waals surface area contributed by atoms with Crippen molar-refractivity contribution in [2.24, 2.45) is 11.8 Å². The minimum absolute atomic E-state index is 0.123. The third-order valence-corrected chi connectivity index (χ3v) is 4.32. The van der Waals surface area contributed by atoms with Gasteiger partial charge in [-0.2, -0.15) is 0 Å². The quantitative estimate of drug-likeness (QED) is 0.812. The molecule has 2 aromatic carbocycles. The largest absolute Gasteiger partial charge is 0.497 e. The molecule has 0 saturated heterocycles. The van der Waals surface area contributed by atoms with E-state index in [1.54, 1.807) is 18.2 Å². The van der Waals surface area contributed by atoms with Gasteiger partial charge in [0.15, 0.2) is 0 Å². The van der Waals surface area contributed by atoms with Crippen molar-refractivity contribution in [1.29, 1.82) is 0 Å². The lowest BCUT2D eigenvalue weighted by molar-refractivity contribution is -0.122. The van der Waals surface area contributed by atoms with Crippen LogP contribution in [0, 0.1) is 23.5 Å². The van der Waals surface area contributed by atoms with Crippen LogP contribution in [0.15, 0.2) is 36.4 Å². The predicted octanol–water partition coefficient (Wildman–Crippen LogP) is 3.20. The third-order valence-electron chi connectivity index (χ3n) is 4.32. The van der Waals surface area contributed by atoms with Crippen molar-refractivity contribution < 1.29 is 27.8 Å². The highest BCUT2D eigenvalue weighted by Crippen LogP contribution is 2.41. The van der Waals surface area contributed by atoms with Gasteiger partial charge in [0.05, 0.1) is 37.4 Å². The summed E-state index contributed by atoms with van der Waals surface area (Å²) in [5.41, 5.74) is 0.305. The van der Waals surface area contributed by atoms with Crippen LogP contribution in [0.2, 0.25) is 0 Å². The molecule has 1 fully saturated rings. The van der Waals surface area contributed by atoms with Crippen LogP contribution in [0.1, 0.15) is 6.42 Å². The summed E-state index contributed by atoms with van der Waals surface area (Å²) < 4.78 is 36.9. The van der Waals surface area contributed by atoms with Gasteiger partial charge in [0.2, 0.25) is 11.8 Å². The maximum absolute atomic E-state index is 13.6. The van der Waals surface area contributed by atoms with Crippen molar-refractivity contribution in [2.45, 2.75) is 6.42 Å². The molecular weight excluding hydrogens is 358 g/mol. The van der Waals surface area contributed by atoms with Crippen molar-refractivity contribution >= 4 is 23.2 Å². The van der Waals surface area contributed by atoms with E-state index in [-0.39, 0.29) is 11.6 Å². The summed E-state index contributed by atoms with van der Waals surface area (Å²) >= 11 is 0. The fourth-order valence-corrected chi connectivity index (χ4v) is 2.73. The lowest BCUT2D eigenvalue weighted by Crippen LogP contribution is -2.21. The monoisotopic (exact) mass is 376 g/mol. The van der Waals surface area contributed by atoms with E-state index in [1.807, 2.05) is 0 Å². The van der Waals surface area contributed by atoms with Crippen molar-refractivity contribution in [3.8, 4) is 11.5 Å². The molecule has 0 heterocycles. The molecule has 0 aromatic heterocycles. The van der Waals surface area contributed by atoms with E-state index in [0.717, 1.165) is 12.1 Å².